The summed E-state index contributed by atoms with van der Waals surface area (Å²) < 4.78 is 0. The van der Waals surface area contributed by atoms with Gasteiger partial charge >= 0.3 is 0 Å². The molecule has 0 aliphatic carbocycles. The summed E-state index contributed by atoms with van der Waals surface area (Å²) in [6.07, 6.45) is 0. The first-order chi connectivity index (χ1) is 5.17. The molecule has 0 aliphatic rings. The standard InChI is InChI=1S/C10H13Cl/c1-10(2,8-11)9-6-4-3-5-7-9/h3-7H,8H2,1-2H3. The third-order valence-electron chi connectivity index (χ3n) is 1.89. The summed E-state index contributed by atoms with van der Waals surface area (Å²) in [5, 5.41) is 0. The summed E-state index contributed by atoms with van der Waals surface area (Å²) in [6, 6.07) is 10.3. The Morgan fingerprint density at radius 3 is 2.18 bits per heavy atom. The molecule has 0 heterocycles. The van der Waals surface area contributed by atoms with Crippen molar-refractivity contribution in [2.24, 2.45) is 0 Å². The number of hydrogen-bond acceptors (Lipinski definition) is 0. The van der Waals surface area contributed by atoms with Crippen molar-refractivity contribution >= 4 is 11.6 Å². The maximum Gasteiger partial charge on any atom is 0.0315 e. The van der Waals surface area contributed by atoms with Gasteiger partial charge in [-0.25, -0.2) is 0 Å². The van der Waals surface area contributed by atoms with E-state index in [4.69, 9.17) is 11.6 Å². The Kier molecular flexibility index (Phi) is 2.56. The lowest BCUT2D eigenvalue weighted by Crippen LogP contribution is -2.18. The van der Waals surface area contributed by atoms with Crippen LogP contribution in [0.4, 0.5) is 0 Å². The zero-order chi connectivity index (χ0) is 8.32. The second-order valence-corrected chi connectivity index (χ2v) is 3.65. The van der Waals surface area contributed by atoms with Crippen LogP contribution in [0.2, 0.25) is 0 Å². The van der Waals surface area contributed by atoms with Crippen LogP contribution in [-0.4, -0.2) is 5.88 Å². The molecule has 0 nitrogen and oxygen atoms in total. The van der Waals surface area contributed by atoms with E-state index < -0.39 is 0 Å². The number of alkyl halides is 1. The van der Waals surface area contributed by atoms with Crippen LogP contribution >= 0.6 is 11.6 Å². The first-order valence-corrected chi connectivity index (χ1v) is 4.32. The zero-order valence-electron chi connectivity index (χ0n) is 6.97. The average Bonchev–Trinajstić information content (AvgIpc) is 2.06. The first-order valence-electron chi connectivity index (χ1n) is 3.78. The summed E-state index contributed by atoms with van der Waals surface area (Å²) in [5.41, 5.74) is 1.40. The maximum atomic E-state index is 5.83. The number of hydrogen-bond donors (Lipinski definition) is 0. The normalized spacial score (nSPS) is 11.5. The van der Waals surface area contributed by atoms with Gasteiger partial charge in [0.25, 0.3) is 0 Å². The van der Waals surface area contributed by atoms with Crippen molar-refractivity contribution in [1.82, 2.24) is 0 Å². The molecule has 0 N–H and O–H groups in total. The molecule has 0 saturated heterocycles. The average molecular weight is 169 g/mol. The quantitative estimate of drug-likeness (QED) is 0.595. The SMILES string of the molecule is CC(C)(CCl)c1ccccc1. The predicted octanol–water partition coefficient (Wildman–Crippen LogP) is 3.20. The van der Waals surface area contributed by atoms with Crippen molar-refractivity contribution in [2.45, 2.75) is 19.3 Å². The van der Waals surface area contributed by atoms with Crippen LogP contribution in [0.3, 0.4) is 0 Å². The van der Waals surface area contributed by atoms with Crippen LogP contribution in [0.25, 0.3) is 0 Å². The van der Waals surface area contributed by atoms with E-state index in [0.717, 1.165) is 0 Å². The van der Waals surface area contributed by atoms with Crippen molar-refractivity contribution in [3.8, 4) is 0 Å². The monoisotopic (exact) mass is 168 g/mol. The minimum Gasteiger partial charge on any atom is -0.126 e. The van der Waals surface area contributed by atoms with Crippen LogP contribution in [0.5, 0.6) is 0 Å². The minimum atomic E-state index is 0.100. The molecule has 0 saturated carbocycles. The fourth-order valence-corrected chi connectivity index (χ4v) is 1.12. The van der Waals surface area contributed by atoms with E-state index in [9.17, 15) is 0 Å². The van der Waals surface area contributed by atoms with Gasteiger partial charge in [-0.3, -0.25) is 0 Å². The molecule has 0 radical (unpaired) electrons. The van der Waals surface area contributed by atoms with Crippen molar-refractivity contribution in [1.29, 1.82) is 0 Å². The van der Waals surface area contributed by atoms with Gasteiger partial charge in [-0.15, -0.1) is 11.6 Å². The molecule has 11 heavy (non-hydrogen) atoms. The molecule has 0 amide bonds. The highest BCUT2D eigenvalue weighted by Gasteiger charge is 2.17. The second kappa shape index (κ2) is 3.27. The van der Waals surface area contributed by atoms with Gasteiger partial charge in [-0.2, -0.15) is 0 Å². The Balaban J connectivity index is 2.93. The molecular weight excluding hydrogens is 156 g/mol. The first kappa shape index (κ1) is 8.61. The van der Waals surface area contributed by atoms with Crippen LogP contribution in [0.15, 0.2) is 30.3 Å². The Morgan fingerprint density at radius 1 is 1.18 bits per heavy atom. The second-order valence-electron chi connectivity index (χ2n) is 3.38. The molecular formula is C10H13Cl. The number of rotatable bonds is 2. The van der Waals surface area contributed by atoms with Crippen LogP contribution in [0, 0.1) is 0 Å². The molecule has 0 bridgehead atoms. The van der Waals surface area contributed by atoms with E-state index >= 15 is 0 Å². The molecule has 0 spiro atoms. The molecule has 1 aromatic rings. The Labute approximate surface area is 73.2 Å². The topological polar surface area (TPSA) is 0 Å². The summed E-state index contributed by atoms with van der Waals surface area (Å²) in [7, 11) is 0. The Morgan fingerprint density at radius 2 is 1.73 bits per heavy atom. The lowest BCUT2D eigenvalue weighted by Gasteiger charge is -2.21. The number of halogens is 1. The predicted molar refractivity (Wildman–Crippen MR) is 50.2 cm³/mol. The number of benzene rings is 1. The van der Waals surface area contributed by atoms with E-state index in [1.807, 2.05) is 18.2 Å². The Hall–Kier alpha value is -0.490. The molecule has 0 aromatic heterocycles. The van der Waals surface area contributed by atoms with Gasteiger partial charge in [0.2, 0.25) is 0 Å². The van der Waals surface area contributed by atoms with Crippen molar-refractivity contribution in [3.63, 3.8) is 0 Å². The van der Waals surface area contributed by atoms with Crippen LogP contribution in [-0.2, 0) is 5.41 Å². The highest BCUT2D eigenvalue weighted by atomic mass is 35.5. The summed E-state index contributed by atoms with van der Waals surface area (Å²) in [5.74, 6) is 0.664. The van der Waals surface area contributed by atoms with Crippen molar-refractivity contribution in [3.05, 3.63) is 35.9 Å². The van der Waals surface area contributed by atoms with E-state index in [-0.39, 0.29) is 5.41 Å². The zero-order valence-corrected chi connectivity index (χ0v) is 7.73. The van der Waals surface area contributed by atoms with Crippen LogP contribution in [0.1, 0.15) is 19.4 Å². The molecule has 0 unspecified atom stereocenters. The van der Waals surface area contributed by atoms with Gasteiger partial charge in [0, 0.05) is 11.3 Å². The van der Waals surface area contributed by atoms with Gasteiger partial charge in [0.15, 0.2) is 0 Å². The van der Waals surface area contributed by atoms with E-state index in [1.165, 1.54) is 5.56 Å². The van der Waals surface area contributed by atoms with Gasteiger partial charge < -0.3 is 0 Å². The minimum absolute atomic E-state index is 0.100. The largest absolute Gasteiger partial charge is 0.126 e. The molecule has 1 heteroatoms. The maximum absolute atomic E-state index is 5.83. The third-order valence-corrected chi connectivity index (χ3v) is 2.56. The van der Waals surface area contributed by atoms with E-state index in [2.05, 4.69) is 26.0 Å². The molecule has 1 aromatic carbocycles. The van der Waals surface area contributed by atoms with Gasteiger partial charge in [0.1, 0.15) is 0 Å². The van der Waals surface area contributed by atoms with Gasteiger partial charge in [-0.05, 0) is 5.56 Å². The molecule has 0 aliphatic heterocycles. The van der Waals surface area contributed by atoms with Crippen molar-refractivity contribution in [2.75, 3.05) is 5.88 Å². The third kappa shape index (κ3) is 1.97. The highest BCUT2D eigenvalue weighted by molar-refractivity contribution is 6.18. The smallest absolute Gasteiger partial charge is 0.0315 e. The summed E-state index contributed by atoms with van der Waals surface area (Å²) in [6.45, 7) is 4.30. The van der Waals surface area contributed by atoms with Gasteiger partial charge in [0.05, 0.1) is 0 Å². The van der Waals surface area contributed by atoms with E-state index in [1.54, 1.807) is 0 Å². The summed E-state index contributed by atoms with van der Waals surface area (Å²) in [4.78, 5) is 0. The van der Waals surface area contributed by atoms with Gasteiger partial charge in [-0.1, -0.05) is 44.2 Å². The fourth-order valence-electron chi connectivity index (χ4n) is 0.966. The highest BCUT2D eigenvalue weighted by Crippen LogP contribution is 2.23. The fraction of sp³-hybridized carbons (Fsp3) is 0.400. The van der Waals surface area contributed by atoms with Crippen molar-refractivity contribution < 1.29 is 0 Å². The molecule has 0 fully saturated rings. The summed E-state index contributed by atoms with van der Waals surface area (Å²) >= 11 is 5.83. The molecule has 60 valence electrons. The lowest BCUT2D eigenvalue weighted by molar-refractivity contribution is 0.598. The lowest BCUT2D eigenvalue weighted by atomic mass is 9.87. The van der Waals surface area contributed by atoms with E-state index in [0.29, 0.717) is 5.88 Å². The Bertz CT molecular complexity index is 214. The molecule has 1 rings (SSSR count). The van der Waals surface area contributed by atoms with Crippen LogP contribution < -0.4 is 0 Å². The molecule has 0 atom stereocenters.